The van der Waals surface area contributed by atoms with E-state index in [1.54, 1.807) is 5.51 Å². The van der Waals surface area contributed by atoms with Crippen LogP contribution in [0.4, 0.5) is 5.13 Å². The second-order valence-corrected chi connectivity index (χ2v) is 5.32. The van der Waals surface area contributed by atoms with E-state index in [2.05, 4.69) is 15.0 Å². The fraction of sp³-hybridized carbons (Fsp3) is 0.300. The van der Waals surface area contributed by atoms with Gasteiger partial charge in [0.05, 0.1) is 5.51 Å². The number of nitrogens with zero attached hydrogens (tertiary/aromatic N) is 4. The van der Waals surface area contributed by atoms with Gasteiger partial charge in [-0.05, 0) is 21.1 Å². The van der Waals surface area contributed by atoms with Gasteiger partial charge in [0.2, 0.25) is 5.13 Å². The normalized spacial score (nSPS) is 8.80. The minimum atomic E-state index is 0. The lowest BCUT2D eigenvalue weighted by Gasteiger charge is -1.90. The maximum atomic E-state index is 5.23. The highest BCUT2D eigenvalue weighted by Crippen LogP contribution is 2.25. The molecular weight excluding hydrogens is 339 g/mol. The molecule has 2 heterocycles. The minimum absolute atomic E-state index is 0. The molecule has 10 heteroatoms. The molecule has 0 aromatic carbocycles. The van der Waals surface area contributed by atoms with Crippen molar-refractivity contribution < 1.29 is 0 Å². The molecular formula is C10H18Cl2N6S2. The number of halogens is 2. The summed E-state index contributed by atoms with van der Waals surface area (Å²) in [6, 6.07) is 0. The zero-order valence-corrected chi connectivity index (χ0v) is 14.6. The van der Waals surface area contributed by atoms with Gasteiger partial charge in [0, 0.05) is 10.8 Å². The molecule has 0 amide bonds. The standard InChI is InChI=1S/C7H7N5S2.C3H9N.2ClH/c8-6(9)12-7-11-5(2-14-7)4-1-13-3-10-4;1-4(2)3;;/h1-3H,(H4,8,9,11,12);1-3H3;2*1H. The van der Waals surface area contributed by atoms with Gasteiger partial charge in [-0.1, -0.05) is 0 Å². The molecule has 20 heavy (non-hydrogen) atoms. The zero-order valence-electron chi connectivity index (χ0n) is 11.3. The summed E-state index contributed by atoms with van der Waals surface area (Å²) in [6.07, 6.45) is 0. The molecule has 0 bridgehead atoms. The smallest absolute Gasteiger partial charge is 0.212 e. The van der Waals surface area contributed by atoms with Gasteiger partial charge in [0.25, 0.3) is 0 Å². The van der Waals surface area contributed by atoms with Crippen molar-refractivity contribution in [3.63, 3.8) is 0 Å². The van der Waals surface area contributed by atoms with Gasteiger partial charge in [-0.3, -0.25) is 0 Å². The van der Waals surface area contributed by atoms with Gasteiger partial charge >= 0.3 is 0 Å². The Bertz CT molecular complexity index is 491. The van der Waals surface area contributed by atoms with Crippen molar-refractivity contribution in [2.24, 2.45) is 16.5 Å². The number of hydrogen-bond acceptors (Lipinski definition) is 6. The van der Waals surface area contributed by atoms with Crippen LogP contribution in [-0.4, -0.2) is 42.0 Å². The third-order valence-electron chi connectivity index (χ3n) is 1.41. The second kappa shape index (κ2) is 10.8. The number of hydrogen-bond donors (Lipinski definition) is 2. The van der Waals surface area contributed by atoms with Crippen LogP contribution in [0.15, 0.2) is 21.3 Å². The maximum Gasteiger partial charge on any atom is 0.212 e. The number of guanidine groups is 1. The Morgan fingerprint density at radius 3 is 2.20 bits per heavy atom. The lowest BCUT2D eigenvalue weighted by molar-refractivity contribution is 0.505. The first-order valence-corrected chi connectivity index (χ1v) is 6.86. The van der Waals surface area contributed by atoms with Crippen molar-refractivity contribution in [2.75, 3.05) is 21.1 Å². The average Bonchev–Trinajstić information content (AvgIpc) is 2.83. The van der Waals surface area contributed by atoms with Crippen molar-refractivity contribution in [3.05, 3.63) is 16.3 Å². The number of thiazole rings is 2. The maximum absolute atomic E-state index is 5.23. The Kier molecular flexibility index (Phi) is 11.6. The first-order chi connectivity index (χ1) is 8.49. The Labute approximate surface area is 138 Å². The van der Waals surface area contributed by atoms with Crippen molar-refractivity contribution in [1.82, 2.24) is 14.9 Å². The fourth-order valence-corrected chi connectivity index (χ4v) is 2.13. The molecule has 0 saturated carbocycles. The molecule has 2 aromatic rings. The Hall–Kier alpha value is -0.930. The van der Waals surface area contributed by atoms with E-state index in [-0.39, 0.29) is 30.8 Å². The predicted octanol–water partition coefficient (Wildman–Crippen LogP) is 2.19. The van der Waals surface area contributed by atoms with E-state index >= 15 is 0 Å². The van der Waals surface area contributed by atoms with Crippen LogP contribution in [-0.2, 0) is 0 Å². The monoisotopic (exact) mass is 356 g/mol. The van der Waals surface area contributed by atoms with Crippen molar-refractivity contribution >= 4 is 58.6 Å². The predicted molar refractivity (Wildman–Crippen MR) is 92.8 cm³/mol. The van der Waals surface area contributed by atoms with Crippen LogP contribution in [0.3, 0.4) is 0 Å². The van der Waals surface area contributed by atoms with Crippen molar-refractivity contribution in [2.45, 2.75) is 0 Å². The highest BCUT2D eigenvalue weighted by atomic mass is 35.5. The summed E-state index contributed by atoms with van der Waals surface area (Å²) in [5.74, 6) is 0.0178. The molecule has 2 aromatic heterocycles. The second-order valence-electron chi connectivity index (χ2n) is 3.77. The van der Waals surface area contributed by atoms with Gasteiger partial charge in [0.15, 0.2) is 5.96 Å². The summed E-state index contributed by atoms with van der Waals surface area (Å²) < 4.78 is 0. The molecule has 0 spiro atoms. The fourth-order valence-electron chi connectivity index (χ4n) is 0.883. The molecule has 0 aliphatic heterocycles. The summed E-state index contributed by atoms with van der Waals surface area (Å²) in [4.78, 5) is 14.2. The lowest BCUT2D eigenvalue weighted by atomic mass is 10.4. The third kappa shape index (κ3) is 8.28. The van der Waals surface area contributed by atoms with E-state index in [4.69, 9.17) is 11.5 Å². The van der Waals surface area contributed by atoms with E-state index in [9.17, 15) is 0 Å². The first-order valence-electron chi connectivity index (χ1n) is 5.03. The lowest BCUT2D eigenvalue weighted by Crippen LogP contribution is -2.21. The topological polar surface area (TPSA) is 93.4 Å². The molecule has 0 saturated heterocycles. The van der Waals surface area contributed by atoms with Crippen molar-refractivity contribution in [1.29, 1.82) is 0 Å². The van der Waals surface area contributed by atoms with Gasteiger partial charge in [0.1, 0.15) is 11.4 Å². The van der Waals surface area contributed by atoms with Crippen LogP contribution < -0.4 is 11.5 Å². The minimum Gasteiger partial charge on any atom is -0.370 e. The molecule has 0 aliphatic rings. The number of rotatable bonds is 2. The van der Waals surface area contributed by atoms with Crippen LogP contribution in [0.25, 0.3) is 11.4 Å². The average molecular weight is 357 g/mol. The molecule has 4 N–H and O–H groups in total. The molecule has 114 valence electrons. The number of aliphatic imine (C=N–C) groups is 1. The van der Waals surface area contributed by atoms with Gasteiger partial charge < -0.3 is 16.4 Å². The van der Waals surface area contributed by atoms with E-state index < -0.39 is 0 Å². The van der Waals surface area contributed by atoms with Crippen LogP contribution in [0.2, 0.25) is 0 Å². The Balaban J connectivity index is 0. The molecule has 2 rings (SSSR count). The summed E-state index contributed by atoms with van der Waals surface area (Å²) in [5.41, 5.74) is 13.9. The van der Waals surface area contributed by atoms with E-state index in [1.165, 1.54) is 22.7 Å². The summed E-state index contributed by atoms with van der Waals surface area (Å²) in [5, 5.41) is 4.35. The first kappa shape index (κ1) is 21.4. The summed E-state index contributed by atoms with van der Waals surface area (Å²) in [7, 11) is 6.00. The largest absolute Gasteiger partial charge is 0.370 e. The Morgan fingerprint density at radius 1 is 1.15 bits per heavy atom. The number of aromatic nitrogens is 2. The van der Waals surface area contributed by atoms with E-state index in [1.807, 2.05) is 36.8 Å². The summed E-state index contributed by atoms with van der Waals surface area (Å²) >= 11 is 2.91. The van der Waals surface area contributed by atoms with E-state index in [0.717, 1.165) is 11.4 Å². The van der Waals surface area contributed by atoms with Crippen LogP contribution >= 0.6 is 47.5 Å². The molecule has 0 atom stereocenters. The molecule has 0 fully saturated rings. The molecule has 6 nitrogen and oxygen atoms in total. The molecule has 0 radical (unpaired) electrons. The number of nitrogens with two attached hydrogens (primary N) is 2. The zero-order chi connectivity index (χ0) is 13.5. The Morgan fingerprint density at radius 2 is 1.75 bits per heavy atom. The molecule has 0 unspecified atom stereocenters. The van der Waals surface area contributed by atoms with Crippen LogP contribution in [0.5, 0.6) is 0 Å². The SMILES string of the molecule is CN(C)C.Cl.Cl.NC(N)=Nc1nc(-c2cscn2)cs1. The van der Waals surface area contributed by atoms with E-state index in [0.29, 0.717) is 5.13 Å². The van der Waals surface area contributed by atoms with Crippen LogP contribution in [0.1, 0.15) is 0 Å². The molecule has 0 aliphatic carbocycles. The van der Waals surface area contributed by atoms with Crippen molar-refractivity contribution in [3.8, 4) is 11.4 Å². The van der Waals surface area contributed by atoms with Crippen LogP contribution in [0, 0.1) is 0 Å². The third-order valence-corrected chi connectivity index (χ3v) is 2.73. The van der Waals surface area contributed by atoms with Gasteiger partial charge in [-0.2, -0.15) is 4.99 Å². The highest BCUT2D eigenvalue weighted by molar-refractivity contribution is 7.13. The quantitative estimate of drug-likeness (QED) is 0.635. The summed E-state index contributed by atoms with van der Waals surface area (Å²) in [6.45, 7) is 0. The van der Waals surface area contributed by atoms with Gasteiger partial charge in [-0.25, -0.2) is 9.97 Å². The highest BCUT2D eigenvalue weighted by Gasteiger charge is 2.04. The van der Waals surface area contributed by atoms with Gasteiger partial charge in [-0.15, -0.1) is 47.5 Å².